The summed E-state index contributed by atoms with van der Waals surface area (Å²) in [5, 5.41) is 9.32. The van der Waals surface area contributed by atoms with Gasteiger partial charge < -0.3 is 5.11 Å². The van der Waals surface area contributed by atoms with E-state index >= 15 is 0 Å². The summed E-state index contributed by atoms with van der Waals surface area (Å²) in [7, 11) is -2.94. The van der Waals surface area contributed by atoms with Crippen LogP contribution in [0.15, 0.2) is 0 Å². The topological polar surface area (TPSA) is 54.4 Å². The van der Waals surface area contributed by atoms with Crippen molar-refractivity contribution in [1.29, 1.82) is 0 Å². The average molecular weight is 178 g/mol. The van der Waals surface area contributed by atoms with Crippen LogP contribution in [-0.2, 0) is 9.84 Å². The van der Waals surface area contributed by atoms with Crippen molar-refractivity contribution >= 4 is 9.84 Å². The first-order valence-electron chi connectivity index (χ1n) is 3.81. The van der Waals surface area contributed by atoms with Gasteiger partial charge in [-0.3, -0.25) is 0 Å². The normalized spacial score (nSPS) is 36.4. The molecule has 0 amide bonds. The molecular formula is C7H14O3S. The predicted octanol–water partition coefficient (Wildman–Crippen LogP) is 0.0479. The van der Waals surface area contributed by atoms with Crippen LogP contribution in [-0.4, -0.2) is 31.1 Å². The van der Waals surface area contributed by atoms with Gasteiger partial charge in [0.15, 0.2) is 9.84 Å². The average Bonchev–Trinajstić information content (AvgIpc) is 2.05. The van der Waals surface area contributed by atoms with Crippen LogP contribution in [0.1, 0.15) is 13.8 Å². The summed E-state index contributed by atoms with van der Waals surface area (Å²) in [6, 6.07) is 0. The molecule has 1 rings (SSSR count). The smallest absolute Gasteiger partial charge is 0.153 e. The van der Waals surface area contributed by atoms with Crippen LogP contribution in [0.25, 0.3) is 0 Å². The lowest BCUT2D eigenvalue weighted by Gasteiger charge is -2.15. The fourth-order valence-electron chi connectivity index (χ4n) is 1.49. The van der Waals surface area contributed by atoms with Gasteiger partial charge in [-0.2, -0.15) is 0 Å². The molecular weight excluding hydrogens is 164 g/mol. The van der Waals surface area contributed by atoms with Crippen LogP contribution in [0.3, 0.4) is 0 Å². The van der Waals surface area contributed by atoms with Crippen LogP contribution in [0.2, 0.25) is 0 Å². The van der Waals surface area contributed by atoms with Gasteiger partial charge in [0.25, 0.3) is 0 Å². The molecule has 1 fully saturated rings. The summed E-state index contributed by atoms with van der Waals surface area (Å²) in [4.78, 5) is 0. The fraction of sp³-hybridized carbons (Fsp3) is 1.00. The van der Waals surface area contributed by atoms with Gasteiger partial charge in [-0.05, 0) is 5.92 Å². The Bertz CT molecular complexity index is 230. The Kier molecular flexibility index (Phi) is 2.25. The highest BCUT2D eigenvalue weighted by Crippen LogP contribution is 2.25. The molecule has 2 atom stereocenters. The van der Waals surface area contributed by atoms with Gasteiger partial charge in [0.2, 0.25) is 0 Å². The second-order valence-corrected chi connectivity index (χ2v) is 5.71. The first-order valence-corrected chi connectivity index (χ1v) is 5.63. The molecule has 0 spiro atoms. The standard InChI is InChI=1S/C7H14O3S/c1-5(2)6-3-11(9,10)4-7(6)8/h5-8H,3-4H2,1-2H3/t6?,7-/m0/s1. The second kappa shape index (κ2) is 2.75. The minimum Gasteiger partial charge on any atom is -0.392 e. The minimum absolute atomic E-state index is 0.0458. The van der Waals surface area contributed by atoms with Gasteiger partial charge in [-0.25, -0.2) is 8.42 Å². The molecule has 1 aliphatic rings. The van der Waals surface area contributed by atoms with Crippen molar-refractivity contribution in [3.63, 3.8) is 0 Å². The van der Waals surface area contributed by atoms with E-state index < -0.39 is 15.9 Å². The zero-order valence-electron chi connectivity index (χ0n) is 6.82. The number of rotatable bonds is 1. The van der Waals surface area contributed by atoms with Crippen molar-refractivity contribution in [3.8, 4) is 0 Å². The number of sulfone groups is 1. The first-order chi connectivity index (χ1) is 4.92. The lowest BCUT2D eigenvalue weighted by Crippen LogP contribution is -2.22. The number of aliphatic hydroxyl groups excluding tert-OH is 1. The summed E-state index contributed by atoms with van der Waals surface area (Å²) in [5.41, 5.74) is 0. The molecule has 1 saturated heterocycles. The number of hydrogen-bond donors (Lipinski definition) is 1. The zero-order valence-corrected chi connectivity index (χ0v) is 7.63. The number of aliphatic hydroxyl groups is 1. The second-order valence-electron chi connectivity index (χ2n) is 3.55. The lowest BCUT2D eigenvalue weighted by molar-refractivity contribution is 0.124. The molecule has 1 aliphatic heterocycles. The van der Waals surface area contributed by atoms with Crippen molar-refractivity contribution in [3.05, 3.63) is 0 Å². The molecule has 0 aromatic carbocycles. The third-order valence-corrected chi connectivity index (χ3v) is 3.96. The van der Waals surface area contributed by atoms with E-state index in [2.05, 4.69) is 0 Å². The highest BCUT2D eigenvalue weighted by atomic mass is 32.2. The molecule has 0 saturated carbocycles. The van der Waals surface area contributed by atoms with E-state index in [-0.39, 0.29) is 23.3 Å². The Hall–Kier alpha value is -0.0900. The zero-order chi connectivity index (χ0) is 8.65. The first kappa shape index (κ1) is 9.00. The molecule has 0 aliphatic carbocycles. The molecule has 0 bridgehead atoms. The third-order valence-electron chi connectivity index (χ3n) is 2.22. The van der Waals surface area contributed by atoms with E-state index in [4.69, 9.17) is 0 Å². The Balaban J connectivity index is 2.75. The molecule has 11 heavy (non-hydrogen) atoms. The van der Waals surface area contributed by atoms with Crippen molar-refractivity contribution in [1.82, 2.24) is 0 Å². The van der Waals surface area contributed by atoms with E-state index in [1.54, 1.807) is 0 Å². The van der Waals surface area contributed by atoms with Crippen molar-refractivity contribution < 1.29 is 13.5 Å². The fourth-order valence-corrected chi connectivity index (χ4v) is 3.59. The van der Waals surface area contributed by atoms with Crippen LogP contribution in [0.5, 0.6) is 0 Å². The Labute approximate surface area is 67.3 Å². The van der Waals surface area contributed by atoms with E-state index in [1.807, 2.05) is 13.8 Å². The van der Waals surface area contributed by atoms with E-state index in [9.17, 15) is 13.5 Å². The Morgan fingerprint density at radius 2 is 1.91 bits per heavy atom. The summed E-state index contributed by atoms with van der Waals surface area (Å²) < 4.78 is 22.0. The lowest BCUT2D eigenvalue weighted by atomic mass is 9.93. The van der Waals surface area contributed by atoms with Gasteiger partial charge in [-0.1, -0.05) is 13.8 Å². The minimum atomic E-state index is -2.94. The predicted molar refractivity (Wildman–Crippen MR) is 43.0 cm³/mol. The Morgan fingerprint density at radius 3 is 2.09 bits per heavy atom. The Morgan fingerprint density at radius 1 is 1.36 bits per heavy atom. The maximum absolute atomic E-state index is 11.0. The van der Waals surface area contributed by atoms with Crippen molar-refractivity contribution in [2.45, 2.75) is 20.0 Å². The molecule has 3 nitrogen and oxygen atoms in total. The highest BCUT2D eigenvalue weighted by molar-refractivity contribution is 7.91. The maximum Gasteiger partial charge on any atom is 0.153 e. The highest BCUT2D eigenvalue weighted by Gasteiger charge is 2.37. The monoisotopic (exact) mass is 178 g/mol. The van der Waals surface area contributed by atoms with Crippen molar-refractivity contribution in [2.75, 3.05) is 11.5 Å². The van der Waals surface area contributed by atoms with Crippen LogP contribution >= 0.6 is 0 Å². The van der Waals surface area contributed by atoms with Gasteiger partial charge >= 0.3 is 0 Å². The molecule has 0 radical (unpaired) electrons. The van der Waals surface area contributed by atoms with Crippen LogP contribution in [0, 0.1) is 11.8 Å². The summed E-state index contributed by atoms with van der Waals surface area (Å²) in [5.74, 6) is 0.309. The van der Waals surface area contributed by atoms with Crippen molar-refractivity contribution in [2.24, 2.45) is 11.8 Å². The van der Waals surface area contributed by atoms with E-state index in [1.165, 1.54) is 0 Å². The van der Waals surface area contributed by atoms with Gasteiger partial charge in [0.05, 0.1) is 17.6 Å². The molecule has 0 aromatic rings. The molecule has 1 unspecified atom stereocenters. The molecule has 66 valence electrons. The summed E-state index contributed by atoms with van der Waals surface area (Å²) >= 11 is 0. The van der Waals surface area contributed by atoms with E-state index in [0.717, 1.165) is 0 Å². The van der Waals surface area contributed by atoms with Gasteiger partial charge in [-0.15, -0.1) is 0 Å². The summed E-state index contributed by atoms with van der Waals surface area (Å²) in [6.45, 7) is 3.88. The van der Waals surface area contributed by atoms with Gasteiger partial charge in [0, 0.05) is 5.92 Å². The van der Waals surface area contributed by atoms with Crippen LogP contribution < -0.4 is 0 Å². The molecule has 1 heterocycles. The molecule has 1 N–H and O–H groups in total. The third kappa shape index (κ3) is 1.93. The molecule has 4 heteroatoms. The van der Waals surface area contributed by atoms with Crippen LogP contribution in [0.4, 0.5) is 0 Å². The summed E-state index contributed by atoms with van der Waals surface area (Å²) in [6.07, 6.45) is -0.639. The largest absolute Gasteiger partial charge is 0.392 e. The number of hydrogen-bond acceptors (Lipinski definition) is 3. The maximum atomic E-state index is 11.0. The quantitative estimate of drug-likeness (QED) is 0.617. The SMILES string of the molecule is CC(C)C1CS(=O)(=O)C[C@@H]1O. The van der Waals surface area contributed by atoms with E-state index in [0.29, 0.717) is 0 Å². The van der Waals surface area contributed by atoms with Gasteiger partial charge in [0.1, 0.15) is 0 Å². The molecule has 0 aromatic heterocycles.